The average molecular weight is 317 g/mol. The highest BCUT2D eigenvalue weighted by molar-refractivity contribution is 6.66. The summed E-state index contributed by atoms with van der Waals surface area (Å²) in [6, 6.07) is 0.865. The molecule has 0 heterocycles. The highest BCUT2D eigenvalue weighted by Gasteiger charge is 2.30. The largest absolute Gasteiger partial charge is 0.463 e. The topological polar surface area (TPSA) is 44.8 Å². The van der Waals surface area contributed by atoms with Crippen LogP contribution >= 0.6 is 0 Å². The summed E-state index contributed by atoms with van der Waals surface area (Å²) >= 11 is 0. The predicted octanol–water partition coefficient (Wildman–Crippen LogP) is 4.20. The van der Waals surface area contributed by atoms with E-state index in [1.54, 1.807) is 13.0 Å². The van der Waals surface area contributed by atoms with Gasteiger partial charge in [-0.1, -0.05) is 32.8 Å². The summed E-state index contributed by atoms with van der Waals surface area (Å²) in [4.78, 5) is 11.2. The molecule has 0 saturated carbocycles. The molecule has 0 amide bonds. The number of unbranched alkanes of at least 4 members (excludes halogenated alkanes) is 2. The van der Waals surface area contributed by atoms with Gasteiger partial charge in [-0.3, -0.25) is 0 Å². The van der Waals surface area contributed by atoms with Crippen molar-refractivity contribution in [2.45, 2.75) is 65.5 Å². The zero-order valence-electron chi connectivity index (χ0n) is 14.2. The lowest BCUT2D eigenvalue weighted by Crippen LogP contribution is -2.39. The first-order valence-corrected chi connectivity index (χ1v) is 10.7. The molecule has 0 aromatic carbocycles. The van der Waals surface area contributed by atoms with Gasteiger partial charge < -0.3 is 13.6 Å². The Kier molecular flexibility index (Phi) is 12.6. The molecule has 0 fully saturated rings. The van der Waals surface area contributed by atoms with Gasteiger partial charge in [0.1, 0.15) is 0 Å². The molecule has 0 spiro atoms. The van der Waals surface area contributed by atoms with Gasteiger partial charge in [0.25, 0.3) is 0 Å². The summed E-state index contributed by atoms with van der Waals surface area (Å²) in [7, 11) is -2.12. The Morgan fingerprint density at radius 3 is 2.05 bits per heavy atom. The Morgan fingerprint density at radius 2 is 1.57 bits per heavy atom. The highest BCUT2D eigenvalue weighted by atomic mass is 28.4. The summed E-state index contributed by atoms with van der Waals surface area (Å²) < 4.78 is 17.2. The SMILES string of the molecule is CC=CC(=O)OCCC[Si](C)(OCCCC)OCCCC. The first-order valence-electron chi connectivity index (χ1n) is 8.15. The summed E-state index contributed by atoms with van der Waals surface area (Å²) in [5.41, 5.74) is 0. The van der Waals surface area contributed by atoms with Crippen LogP contribution in [0.1, 0.15) is 52.9 Å². The second kappa shape index (κ2) is 13.0. The molecule has 0 unspecified atom stereocenters. The summed E-state index contributed by atoms with van der Waals surface area (Å²) in [5.74, 6) is -0.278. The molecule has 0 aliphatic rings. The van der Waals surface area contributed by atoms with Gasteiger partial charge in [-0.05, 0) is 38.8 Å². The zero-order chi connectivity index (χ0) is 16.0. The third-order valence-electron chi connectivity index (χ3n) is 3.13. The Hall–Kier alpha value is -0.653. The van der Waals surface area contributed by atoms with Crippen LogP contribution in [-0.4, -0.2) is 34.4 Å². The molecule has 0 bridgehead atoms. The molecular weight excluding hydrogens is 284 g/mol. The molecule has 0 radical (unpaired) electrons. The van der Waals surface area contributed by atoms with Gasteiger partial charge in [0.05, 0.1) is 6.61 Å². The molecule has 0 aliphatic heterocycles. The fourth-order valence-corrected chi connectivity index (χ4v) is 4.11. The van der Waals surface area contributed by atoms with Crippen molar-refractivity contribution in [3.63, 3.8) is 0 Å². The van der Waals surface area contributed by atoms with Gasteiger partial charge in [-0.25, -0.2) is 4.79 Å². The lowest BCUT2D eigenvalue weighted by molar-refractivity contribution is -0.137. The minimum Gasteiger partial charge on any atom is -0.463 e. The van der Waals surface area contributed by atoms with E-state index in [9.17, 15) is 4.79 Å². The van der Waals surface area contributed by atoms with Gasteiger partial charge in [0.15, 0.2) is 0 Å². The maximum atomic E-state index is 11.2. The van der Waals surface area contributed by atoms with E-state index >= 15 is 0 Å². The number of hydrogen-bond donors (Lipinski definition) is 0. The minimum absolute atomic E-state index is 0.278. The third-order valence-corrected chi connectivity index (χ3v) is 6.02. The molecule has 5 heteroatoms. The first kappa shape index (κ1) is 20.3. The van der Waals surface area contributed by atoms with E-state index in [0.717, 1.165) is 51.4 Å². The molecule has 0 rings (SSSR count). The Balaban J connectivity index is 4.09. The van der Waals surface area contributed by atoms with Crippen LogP contribution in [0.5, 0.6) is 0 Å². The molecule has 0 N–H and O–H groups in total. The van der Waals surface area contributed by atoms with Crippen LogP contribution in [0.25, 0.3) is 0 Å². The quantitative estimate of drug-likeness (QED) is 0.221. The Morgan fingerprint density at radius 1 is 1.00 bits per heavy atom. The second-order valence-corrected chi connectivity index (χ2v) is 8.65. The van der Waals surface area contributed by atoms with Crippen molar-refractivity contribution in [2.75, 3.05) is 19.8 Å². The van der Waals surface area contributed by atoms with E-state index in [0.29, 0.717) is 6.61 Å². The fourth-order valence-electron chi connectivity index (χ4n) is 1.80. The van der Waals surface area contributed by atoms with Gasteiger partial charge in [-0.15, -0.1) is 0 Å². The number of esters is 1. The van der Waals surface area contributed by atoms with Crippen molar-refractivity contribution in [1.82, 2.24) is 0 Å². The van der Waals surface area contributed by atoms with Crippen molar-refractivity contribution in [1.29, 1.82) is 0 Å². The summed E-state index contributed by atoms with van der Waals surface area (Å²) in [6.07, 6.45) is 8.30. The normalized spacial score (nSPS) is 12.0. The van der Waals surface area contributed by atoms with Gasteiger partial charge in [-0.2, -0.15) is 0 Å². The highest BCUT2D eigenvalue weighted by Crippen LogP contribution is 2.17. The maximum Gasteiger partial charge on any atom is 0.335 e. The van der Waals surface area contributed by atoms with E-state index in [4.69, 9.17) is 13.6 Å². The number of allylic oxidation sites excluding steroid dienone is 1. The van der Waals surface area contributed by atoms with Crippen molar-refractivity contribution in [3.05, 3.63) is 12.2 Å². The van der Waals surface area contributed by atoms with Gasteiger partial charge in [0.2, 0.25) is 0 Å². The lowest BCUT2D eigenvalue weighted by atomic mass is 10.4. The van der Waals surface area contributed by atoms with Crippen LogP contribution in [0, 0.1) is 0 Å². The van der Waals surface area contributed by atoms with Crippen molar-refractivity contribution in [3.8, 4) is 0 Å². The van der Waals surface area contributed by atoms with Crippen LogP contribution in [0.3, 0.4) is 0 Å². The van der Waals surface area contributed by atoms with E-state index in [1.807, 2.05) is 0 Å². The average Bonchev–Trinajstić information content (AvgIpc) is 2.45. The molecule has 0 aliphatic carbocycles. The number of carbonyl (C=O) groups is 1. The fraction of sp³-hybridized carbons (Fsp3) is 0.812. The zero-order valence-corrected chi connectivity index (χ0v) is 15.2. The number of carbonyl (C=O) groups excluding carboxylic acids is 1. The van der Waals surface area contributed by atoms with Crippen molar-refractivity contribution < 1.29 is 18.4 Å². The predicted molar refractivity (Wildman–Crippen MR) is 88.5 cm³/mol. The molecular formula is C16H32O4Si. The van der Waals surface area contributed by atoms with Crippen LogP contribution in [0.2, 0.25) is 12.6 Å². The van der Waals surface area contributed by atoms with Crippen molar-refractivity contribution >= 4 is 14.5 Å². The van der Waals surface area contributed by atoms with Crippen LogP contribution in [-0.2, 0) is 18.4 Å². The lowest BCUT2D eigenvalue weighted by Gasteiger charge is -2.27. The molecule has 0 aromatic heterocycles. The first-order chi connectivity index (χ1) is 10.1. The molecule has 0 saturated heterocycles. The molecule has 4 nitrogen and oxygen atoms in total. The van der Waals surface area contributed by atoms with Gasteiger partial charge >= 0.3 is 14.5 Å². The third kappa shape index (κ3) is 11.7. The van der Waals surface area contributed by atoms with Crippen LogP contribution < -0.4 is 0 Å². The number of rotatable bonds is 13. The monoisotopic (exact) mass is 316 g/mol. The number of hydrogen-bond acceptors (Lipinski definition) is 4. The molecule has 0 aromatic rings. The van der Waals surface area contributed by atoms with E-state index in [-0.39, 0.29) is 5.97 Å². The Bertz CT molecular complexity index is 282. The van der Waals surface area contributed by atoms with Crippen LogP contribution in [0.15, 0.2) is 12.2 Å². The van der Waals surface area contributed by atoms with E-state index in [1.165, 1.54) is 6.08 Å². The minimum atomic E-state index is -2.12. The molecule has 21 heavy (non-hydrogen) atoms. The van der Waals surface area contributed by atoms with E-state index < -0.39 is 8.56 Å². The standard InChI is InChI=1S/C16H32O4Si/c1-5-8-13-19-21(4,20-14-9-6-2)15-10-12-18-16(17)11-7-3/h7,11H,5-6,8-10,12-15H2,1-4H3. The number of ether oxygens (including phenoxy) is 1. The van der Waals surface area contributed by atoms with E-state index in [2.05, 4.69) is 20.4 Å². The van der Waals surface area contributed by atoms with Gasteiger partial charge in [0, 0.05) is 19.3 Å². The Labute approximate surface area is 131 Å². The maximum absolute atomic E-state index is 11.2. The second-order valence-electron chi connectivity index (χ2n) is 5.31. The summed E-state index contributed by atoms with van der Waals surface area (Å²) in [6.45, 7) is 10.2. The smallest absolute Gasteiger partial charge is 0.335 e. The molecule has 0 atom stereocenters. The van der Waals surface area contributed by atoms with Crippen LogP contribution in [0.4, 0.5) is 0 Å². The van der Waals surface area contributed by atoms with Crippen molar-refractivity contribution in [2.24, 2.45) is 0 Å². The summed E-state index contributed by atoms with van der Waals surface area (Å²) in [5, 5.41) is 0. The molecule has 124 valence electrons.